The number of ether oxygens (including phenoxy) is 1. The van der Waals surface area contributed by atoms with Gasteiger partial charge in [-0.25, -0.2) is 0 Å². The molecule has 0 aliphatic carbocycles. The molecule has 4 nitrogen and oxygen atoms in total. The van der Waals surface area contributed by atoms with Crippen LogP contribution in [0.5, 0.6) is 5.75 Å². The lowest BCUT2D eigenvalue weighted by atomic mass is 9.97. The Balaban J connectivity index is 1.82. The number of likely N-dealkylation sites (tertiary alicyclic amines) is 1. The van der Waals surface area contributed by atoms with Gasteiger partial charge >= 0.3 is 0 Å². The molecule has 1 aliphatic rings. The zero-order valence-corrected chi connectivity index (χ0v) is 11.7. The Bertz CT molecular complexity index is 417. The van der Waals surface area contributed by atoms with Gasteiger partial charge in [0.15, 0.2) is 0 Å². The average Bonchev–Trinajstić information content (AvgIpc) is 2.45. The molecular formula is C15H22N2O2. The van der Waals surface area contributed by atoms with Crippen LogP contribution in [0.15, 0.2) is 24.3 Å². The summed E-state index contributed by atoms with van der Waals surface area (Å²) in [5, 5.41) is 3.02. The van der Waals surface area contributed by atoms with Gasteiger partial charge in [-0.1, -0.05) is 12.1 Å². The third kappa shape index (κ3) is 3.96. The molecule has 1 aromatic rings. The summed E-state index contributed by atoms with van der Waals surface area (Å²) < 4.78 is 5.11. The second kappa shape index (κ2) is 6.57. The van der Waals surface area contributed by atoms with Crippen LogP contribution in [-0.2, 0) is 11.3 Å². The maximum absolute atomic E-state index is 12.1. The molecule has 1 saturated heterocycles. The molecule has 1 aliphatic heterocycles. The van der Waals surface area contributed by atoms with Crippen LogP contribution in [0, 0.1) is 5.92 Å². The summed E-state index contributed by atoms with van der Waals surface area (Å²) in [6, 6.07) is 7.78. The molecule has 0 saturated carbocycles. The zero-order valence-electron chi connectivity index (χ0n) is 11.7. The highest BCUT2D eigenvalue weighted by Gasteiger charge is 2.23. The van der Waals surface area contributed by atoms with Crippen molar-refractivity contribution in [3.63, 3.8) is 0 Å². The minimum absolute atomic E-state index is 0.136. The topological polar surface area (TPSA) is 41.6 Å². The molecule has 1 atom stereocenters. The number of benzene rings is 1. The van der Waals surface area contributed by atoms with E-state index in [1.165, 1.54) is 0 Å². The van der Waals surface area contributed by atoms with Crippen molar-refractivity contribution in [2.45, 2.75) is 19.4 Å². The van der Waals surface area contributed by atoms with Gasteiger partial charge in [0.1, 0.15) is 5.75 Å². The van der Waals surface area contributed by atoms with Crippen LogP contribution in [-0.4, -0.2) is 38.1 Å². The van der Waals surface area contributed by atoms with E-state index in [-0.39, 0.29) is 11.8 Å². The van der Waals surface area contributed by atoms with Crippen molar-refractivity contribution >= 4 is 5.91 Å². The molecule has 19 heavy (non-hydrogen) atoms. The molecule has 1 fully saturated rings. The number of amides is 1. The maximum Gasteiger partial charge on any atom is 0.224 e. The number of carbonyl (C=O) groups excluding carboxylic acids is 1. The van der Waals surface area contributed by atoms with E-state index >= 15 is 0 Å². The third-order valence-corrected chi connectivity index (χ3v) is 3.62. The van der Waals surface area contributed by atoms with Crippen molar-refractivity contribution in [1.29, 1.82) is 0 Å². The largest absolute Gasteiger partial charge is 0.497 e. The van der Waals surface area contributed by atoms with Crippen LogP contribution >= 0.6 is 0 Å². The summed E-state index contributed by atoms with van der Waals surface area (Å²) in [6.45, 7) is 2.56. The third-order valence-electron chi connectivity index (χ3n) is 3.62. The summed E-state index contributed by atoms with van der Waals surface area (Å²) in [6.07, 6.45) is 2.11. The maximum atomic E-state index is 12.1. The summed E-state index contributed by atoms with van der Waals surface area (Å²) in [5.74, 6) is 1.14. The fourth-order valence-corrected chi connectivity index (χ4v) is 2.46. The van der Waals surface area contributed by atoms with Gasteiger partial charge in [0.25, 0.3) is 0 Å². The molecule has 1 aromatic carbocycles. The van der Waals surface area contributed by atoms with Crippen molar-refractivity contribution in [2.24, 2.45) is 5.92 Å². The second-order valence-electron chi connectivity index (χ2n) is 5.17. The van der Waals surface area contributed by atoms with Gasteiger partial charge in [0.05, 0.1) is 13.0 Å². The van der Waals surface area contributed by atoms with E-state index in [0.717, 1.165) is 37.2 Å². The first-order chi connectivity index (χ1) is 9.19. The molecule has 0 unspecified atom stereocenters. The van der Waals surface area contributed by atoms with Gasteiger partial charge in [0.2, 0.25) is 5.91 Å². The number of nitrogens with one attached hydrogen (secondary N) is 1. The van der Waals surface area contributed by atoms with Crippen molar-refractivity contribution in [1.82, 2.24) is 10.2 Å². The Morgan fingerprint density at radius 2 is 2.16 bits per heavy atom. The van der Waals surface area contributed by atoms with Crippen LogP contribution < -0.4 is 10.1 Å². The van der Waals surface area contributed by atoms with Crippen LogP contribution in [0.2, 0.25) is 0 Å². The van der Waals surface area contributed by atoms with Gasteiger partial charge in [-0.2, -0.15) is 0 Å². The molecule has 0 bridgehead atoms. The zero-order chi connectivity index (χ0) is 13.7. The fourth-order valence-electron chi connectivity index (χ4n) is 2.46. The molecule has 0 aromatic heterocycles. The quantitative estimate of drug-likeness (QED) is 0.897. The number of nitrogens with zero attached hydrogens (tertiary/aromatic N) is 1. The van der Waals surface area contributed by atoms with Gasteiger partial charge in [0, 0.05) is 13.1 Å². The lowest BCUT2D eigenvalue weighted by Gasteiger charge is -2.28. The lowest BCUT2D eigenvalue weighted by molar-refractivity contribution is -0.126. The molecule has 1 N–H and O–H groups in total. The number of methoxy groups -OCH3 is 1. The Morgan fingerprint density at radius 3 is 2.79 bits per heavy atom. The monoisotopic (exact) mass is 262 g/mol. The van der Waals surface area contributed by atoms with E-state index in [9.17, 15) is 4.79 Å². The van der Waals surface area contributed by atoms with Crippen LogP contribution in [0.4, 0.5) is 0 Å². The van der Waals surface area contributed by atoms with Gasteiger partial charge in [-0.15, -0.1) is 0 Å². The summed E-state index contributed by atoms with van der Waals surface area (Å²) in [4.78, 5) is 14.3. The molecule has 2 rings (SSSR count). The Morgan fingerprint density at radius 1 is 1.42 bits per heavy atom. The Labute approximate surface area is 114 Å². The van der Waals surface area contributed by atoms with E-state index in [1.807, 2.05) is 24.3 Å². The Kier molecular flexibility index (Phi) is 4.80. The predicted octanol–water partition coefficient (Wildman–Crippen LogP) is 1.65. The van der Waals surface area contributed by atoms with E-state index in [0.29, 0.717) is 6.54 Å². The van der Waals surface area contributed by atoms with Crippen LogP contribution in [0.3, 0.4) is 0 Å². The second-order valence-corrected chi connectivity index (χ2v) is 5.17. The molecule has 0 spiro atoms. The number of carbonyl (C=O) groups is 1. The minimum atomic E-state index is 0.136. The molecule has 0 radical (unpaired) electrons. The van der Waals surface area contributed by atoms with Gasteiger partial charge in [-0.3, -0.25) is 4.79 Å². The highest BCUT2D eigenvalue weighted by molar-refractivity contribution is 5.78. The summed E-state index contributed by atoms with van der Waals surface area (Å²) >= 11 is 0. The fraction of sp³-hybridized carbons (Fsp3) is 0.533. The number of hydrogen-bond acceptors (Lipinski definition) is 3. The Hall–Kier alpha value is -1.55. The van der Waals surface area contributed by atoms with Crippen LogP contribution in [0.1, 0.15) is 18.4 Å². The highest BCUT2D eigenvalue weighted by atomic mass is 16.5. The standard InChI is InChI=1S/C15H22N2O2/c1-17-9-3-4-13(11-17)15(18)16-10-12-5-7-14(19-2)8-6-12/h5-8,13H,3-4,9-11H2,1-2H3,(H,16,18)/t13-/m1/s1. The molecular weight excluding hydrogens is 240 g/mol. The van der Waals surface area contributed by atoms with Crippen molar-refractivity contribution < 1.29 is 9.53 Å². The van der Waals surface area contributed by atoms with Gasteiger partial charge < -0.3 is 15.0 Å². The van der Waals surface area contributed by atoms with Crippen molar-refractivity contribution in [3.8, 4) is 5.75 Å². The van der Waals surface area contributed by atoms with E-state index in [2.05, 4.69) is 17.3 Å². The van der Waals surface area contributed by atoms with Gasteiger partial charge in [-0.05, 0) is 44.1 Å². The highest BCUT2D eigenvalue weighted by Crippen LogP contribution is 2.15. The van der Waals surface area contributed by atoms with Crippen LogP contribution in [0.25, 0.3) is 0 Å². The number of hydrogen-bond donors (Lipinski definition) is 1. The summed E-state index contributed by atoms with van der Waals surface area (Å²) in [7, 11) is 3.72. The smallest absolute Gasteiger partial charge is 0.224 e. The molecule has 1 amide bonds. The summed E-state index contributed by atoms with van der Waals surface area (Å²) in [5.41, 5.74) is 1.10. The number of piperidine rings is 1. The molecule has 1 heterocycles. The first-order valence-corrected chi connectivity index (χ1v) is 6.78. The van der Waals surface area contributed by atoms with Crippen molar-refractivity contribution in [3.05, 3.63) is 29.8 Å². The predicted molar refractivity (Wildman–Crippen MR) is 75.1 cm³/mol. The molecule has 4 heteroatoms. The average molecular weight is 262 g/mol. The van der Waals surface area contributed by atoms with E-state index in [1.54, 1.807) is 7.11 Å². The van der Waals surface area contributed by atoms with E-state index < -0.39 is 0 Å². The lowest BCUT2D eigenvalue weighted by Crippen LogP contribution is -2.41. The van der Waals surface area contributed by atoms with Crippen molar-refractivity contribution in [2.75, 3.05) is 27.2 Å². The molecule has 104 valence electrons. The first-order valence-electron chi connectivity index (χ1n) is 6.78. The minimum Gasteiger partial charge on any atom is -0.497 e. The number of rotatable bonds is 4. The SMILES string of the molecule is COc1ccc(CNC(=O)[C@@H]2CCCN(C)C2)cc1. The first kappa shape index (κ1) is 13.9. The van der Waals surface area contributed by atoms with E-state index in [4.69, 9.17) is 4.74 Å². The normalized spacial score (nSPS) is 20.0.